The van der Waals surface area contributed by atoms with Crippen molar-refractivity contribution in [3.05, 3.63) is 23.2 Å². The van der Waals surface area contributed by atoms with Crippen molar-refractivity contribution >= 4 is 11.9 Å². The maximum atomic E-state index is 14.6. The van der Waals surface area contributed by atoms with Gasteiger partial charge in [-0.1, -0.05) is 19.4 Å². The van der Waals surface area contributed by atoms with E-state index in [1.807, 2.05) is 0 Å². The zero-order valence-electron chi connectivity index (χ0n) is 13.2. The molecule has 1 saturated carbocycles. The number of allylic oxidation sites excluding steroid dienone is 3. The Morgan fingerprint density at radius 3 is 2.57 bits per heavy atom. The maximum absolute atomic E-state index is 14.6. The monoisotopic (exact) mass is 295 g/mol. The van der Waals surface area contributed by atoms with Gasteiger partial charge < -0.3 is 10.5 Å². The first kappa shape index (κ1) is 17.6. The van der Waals surface area contributed by atoms with Crippen molar-refractivity contribution in [1.29, 1.82) is 0 Å². The number of hydrogen-bond acceptors (Lipinski definition) is 4. The van der Waals surface area contributed by atoms with Crippen LogP contribution >= 0.6 is 0 Å². The Morgan fingerprint density at radius 1 is 1.43 bits per heavy atom. The summed E-state index contributed by atoms with van der Waals surface area (Å²) < 4.78 is 19.9. The third kappa shape index (κ3) is 5.08. The van der Waals surface area contributed by atoms with Gasteiger partial charge in [0, 0.05) is 19.7 Å². The van der Waals surface area contributed by atoms with Gasteiger partial charge in [-0.15, -0.1) is 0 Å². The van der Waals surface area contributed by atoms with Crippen molar-refractivity contribution in [2.75, 3.05) is 20.8 Å². The highest BCUT2D eigenvalue weighted by Gasteiger charge is 2.27. The molecule has 1 fully saturated rings. The number of halogens is 1. The third-order valence-corrected chi connectivity index (χ3v) is 3.65. The Labute approximate surface area is 126 Å². The zero-order valence-corrected chi connectivity index (χ0v) is 13.2. The van der Waals surface area contributed by atoms with Gasteiger partial charge in [-0.25, -0.2) is 4.39 Å². The summed E-state index contributed by atoms with van der Waals surface area (Å²) in [6.07, 6.45) is 7.95. The lowest BCUT2D eigenvalue weighted by atomic mass is 9.78. The van der Waals surface area contributed by atoms with Gasteiger partial charge >= 0.3 is 0 Å². The second kappa shape index (κ2) is 9.45. The van der Waals surface area contributed by atoms with Crippen LogP contribution in [-0.4, -0.2) is 32.8 Å². The van der Waals surface area contributed by atoms with E-state index < -0.39 is 0 Å². The van der Waals surface area contributed by atoms with Gasteiger partial charge in [0.15, 0.2) is 5.76 Å². The molecule has 1 rings (SSSR count). The van der Waals surface area contributed by atoms with Gasteiger partial charge in [0.05, 0.1) is 19.5 Å². The van der Waals surface area contributed by atoms with Crippen LogP contribution in [0.5, 0.6) is 0 Å². The molecule has 0 atom stereocenters. The van der Waals surface area contributed by atoms with E-state index in [2.05, 4.69) is 23.0 Å². The molecule has 1 aliphatic rings. The van der Waals surface area contributed by atoms with Gasteiger partial charge in [0.1, 0.15) is 5.83 Å². The summed E-state index contributed by atoms with van der Waals surface area (Å²) in [5.41, 5.74) is 6.86. The molecule has 0 bridgehead atoms. The van der Waals surface area contributed by atoms with Crippen molar-refractivity contribution < 1.29 is 9.13 Å². The number of hydrogen-bond donors (Lipinski definition) is 1. The lowest BCUT2D eigenvalue weighted by Crippen LogP contribution is -2.17. The molecular weight excluding hydrogens is 269 g/mol. The van der Waals surface area contributed by atoms with Gasteiger partial charge in [-0.3, -0.25) is 9.98 Å². The Morgan fingerprint density at radius 2 is 2.14 bits per heavy atom. The predicted octanol–water partition coefficient (Wildman–Crippen LogP) is 3.40. The summed E-state index contributed by atoms with van der Waals surface area (Å²) in [6, 6.07) is 0. The van der Waals surface area contributed by atoms with E-state index in [-0.39, 0.29) is 18.9 Å². The van der Waals surface area contributed by atoms with Crippen LogP contribution < -0.4 is 5.73 Å². The molecule has 5 heteroatoms. The summed E-state index contributed by atoms with van der Waals surface area (Å²) in [6.45, 7) is 2.22. The molecule has 0 heterocycles. The predicted molar refractivity (Wildman–Crippen MR) is 86.4 cm³/mol. The smallest absolute Gasteiger partial charge is 0.153 e. The Bertz CT molecular complexity index is 448. The molecule has 1 aliphatic carbocycles. The quantitative estimate of drug-likeness (QED) is 0.424. The minimum Gasteiger partial charge on any atom is -0.494 e. The molecule has 0 amide bonds. The van der Waals surface area contributed by atoms with Crippen LogP contribution in [0.25, 0.3) is 0 Å². The van der Waals surface area contributed by atoms with Crippen molar-refractivity contribution in [1.82, 2.24) is 0 Å². The SMILES string of the molecule is CC/C=C(\C(OC)=C(\F)CC(C=NCN)=NC)C1CCC1. The summed E-state index contributed by atoms with van der Waals surface area (Å²) in [5.74, 6) is 0.488. The van der Waals surface area contributed by atoms with E-state index in [9.17, 15) is 4.39 Å². The zero-order chi connectivity index (χ0) is 15.7. The van der Waals surface area contributed by atoms with Crippen LogP contribution in [0.1, 0.15) is 39.0 Å². The molecule has 0 aliphatic heterocycles. The summed E-state index contributed by atoms with van der Waals surface area (Å²) >= 11 is 0. The minimum absolute atomic E-state index is 0.0803. The average molecular weight is 295 g/mol. The van der Waals surface area contributed by atoms with E-state index in [0.717, 1.165) is 24.8 Å². The molecule has 0 aromatic rings. The van der Waals surface area contributed by atoms with Crippen LogP contribution in [-0.2, 0) is 4.74 Å². The molecule has 4 nitrogen and oxygen atoms in total. The molecule has 2 N–H and O–H groups in total. The highest BCUT2D eigenvalue weighted by Crippen LogP contribution is 2.38. The van der Waals surface area contributed by atoms with Crippen molar-refractivity contribution in [3.8, 4) is 0 Å². The minimum atomic E-state index is -0.298. The van der Waals surface area contributed by atoms with Crippen molar-refractivity contribution in [3.63, 3.8) is 0 Å². The standard InChI is InChI=1S/C16H26FN3O/c1-4-6-14(12-7-5-8-12)16(21-3)15(17)9-13(19-2)10-20-11-18/h6,10,12H,4-5,7-9,11,18H2,1-3H3/b14-6-,16-15-,19-13?,20-10?. The van der Waals surface area contributed by atoms with Gasteiger partial charge in [0.25, 0.3) is 0 Å². The Hall–Kier alpha value is -1.49. The first-order chi connectivity index (χ1) is 10.2. The van der Waals surface area contributed by atoms with E-state index >= 15 is 0 Å². The van der Waals surface area contributed by atoms with Crippen LogP contribution in [0.15, 0.2) is 33.2 Å². The molecular formula is C16H26FN3O. The van der Waals surface area contributed by atoms with Crippen LogP contribution in [0, 0.1) is 5.92 Å². The van der Waals surface area contributed by atoms with Crippen LogP contribution in [0.4, 0.5) is 4.39 Å². The number of nitrogens with two attached hydrogens (primary N) is 1. The molecule has 118 valence electrons. The number of aliphatic imine (C=N–C) groups is 2. The summed E-state index contributed by atoms with van der Waals surface area (Å²) in [5, 5.41) is 0. The van der Waals surface area contributed by atoms with Crippen LogP contribution in [0.3, 0.4) is 0 Å². The number of rotatable bonds is 8. The summed E-state index contributed by atoms with van der Waals surface area (Å²) in [7, 11) is 3.14. The maximum Gasteiger partial charge on any atom is 0.153 e. The highest BCUT2D eigenvalue weighted by atomic mass is 19.1. The van der Waals surface area contributed by atoms with E-state index in [1.54, 1.807) is 7.05 Å². The third-order valence-electron chi connectivity index (χ3n) is 3.65. The Kier molecular flexibility index (Phi) is 7.90. The van der Waals surface area contributed by atoms with E-state index in [1.165, 1.54) is 19.7 Å². The highest BCUT2D eigenvalue weighted by molar-refractivity contribution is 6.31. The topological polar surface area (TPSA) is 60.0 Å². The molecule has 0 aromatic heterocycles. The number of ether oxygens (including phenoxy) is 1. The molecule has 0 aromatic carbocycles. The average Bonchev–Trinajstić information content (AvgIpc) is 2.42. The molecule has 0 unspecified atom stereocenters. The van der Waals surface area contributed by atoms with Crippen molar-refractivity contribution in [2.45, 2.75) is 39.0 Å². The fourth-order valence-corrected chi connectivity index (χ4v) is 2.35. The molecule has 0 radical (unpaired) electrons. The van der Waals surface area contributed by atoms with Gasteiger partial charge in [-0.2, -0.15) is 0 Å². The van der Waals surface area contributed by atoms with Gasteiger partial charge in [0.2, 0.25) is 0 Å². The normalized spacial score (nSPS) is 18.7. The number of nitrogens with zero attached hydrogens (tertiary/aromatic N) is 2. The van der Waals surface area contributed by atoms with E-state index in [4.69, 9.17) is 10.5 Å². The van der Waals surface area contributed by atoms with Crippen molar-refractivity contribution in [2.24, 2.45) is 21.6 Å². The second-order valence-corrected chi connectivity index (χ2v) is 5.02. The molecule has 21 heavy (non-hydrogen) atoms. The summed E-state index contributed by atoms with van der Waals surface area (Å²) in [4.78, 5) is 7.93. The van der Waals surface area contributed by atoms with E-state index in [0.29, 0.717) is 17.4 Å². The largest absolute Gasteiger partial charge is 0.494 e. The first-order valence-corrected chi connectivity index (χ1v) is 7.46. The lowest BCUT2D eigenvalue weighted by molar-refractivity contribution is 0.257. The molecule has 0 spiro atoms. The number of methoxy groups -OCH3 is 1. The van der Waals surface area contributed by atoms with Gasteiger partial charge in [-0.05, 0) is 30.8 Å². The second-order valence-electron chi connectivity index (χ2n) is 5.02. The van der Waals surface area contributed by atoms with Crippen LogP contribution in [0.2, 0.25) is 0 Å². The lowest BCUT2D eigenvalue weighted by Gasteiger charge is -2.29. The first-order valence-electron chi connectivity index (χ1n) is 7.46. The Balaban J connectivity index is 2.96. The fourth-order valence-electron chi connectivity index (χ4n) is 2.35. The molecule has 0 saturated heterocycles. The fraction of sp³-hybridized carbons (Fsp3) is 0.625.